The monoisotopic (exact) mass is 378 g/mol. The molecule has 0 saturated heterocycles. The third-order valence-electron chi connectivity index (χ3n) is 6.27. The fourth-order valence-electron chi connectivity index (χ4n) is 4.92. The molecule has 0 saturated carbocycles. The maximum Gasteiger partial charge on any atom is 0.127 e. The number of hydrogen-bond acceptors (Lipinski definition) is 2. The summed E-state index contributed by atoms with van der Waals surface area (Å²) in [6.07, 6.45) is 7.97. The molecule has 3 aromatic carbocycles. The highest BCUT2D eigenvalue weighted by Crippen LogP contribution is 2.51. The van der Waals surface area contributed by atoms with Crippen molar-refractivity contribution in [3.63, 3.8) is 0 Å². The van der Waals surface area contributed by atoms with Crippen LogP contribution in [0, 0.1) is 5.92 Å². The van der Waals surface area contributed by atoms with Crippen LogP contribution in [0.2, 0.25) is 0 Å². The van der Waals surface area contributed by atoms with Crippen LogP contribution in [0.3, 0.4) is 0 Å². The second kappa shape index (κ2) is 6.56. The molecule has 142 valence electrons. The molecule has 3 unspecified atom stereocenters. The first-order valence-corrected chi connectivity index (χ1v) is 10.2. The highest BCUT2D eigenvalue weighted by atomic mass is 16.5. The fourth-order valence-corrected chi connectivity index (χ4v) is 4.92. The van der Waals surface area contributed by atoms with Crippen molar-refractivity contribution in [1.29, 1.82) is 0 Å². The Bertz CT molecular complexity index is 1210. The molecule has 2 heterocycles. The Morgan fingerprint density at radius 3 is 2.62 bits per heavy atom. The summed E-state index contributed by atoms with van der Waals surface area (Å²) in [7, 11) is 0. The summed E-state index contributed by atoms with van der Waals surface area (Å²) in [6.45, 7) is 0. The van der Waals surface area contributed by atoms with E-state index < -0.39 is 0 Å². The van der Waals surface area contributed by atoms with Crippen LogP contribution in [0.1, 0.15) is 29.5 Å². The van der Waals surface area contributed by atoms with Gasteiger partial charge in [0.05, 0.1) is 6.04 Å². The molecule has 6 rings (SSSR count). The third-order valence-corrected chi connectivity index (χ3v) is 6.27. The standard InChI is InChI=1S/C26H22N2O/c1-2-7-17(8-3-1)29-18-13-14-25-22(15-18)19-10-6-11-21(19)26(28-25)23-16-27-24-12-5-4-9-20(23)24/h1-10,12-16,19,21,26-28H,11H2. The number of aromatic amines is 1. The molecule has 0 radical (unpaired) electrons. The predicted molar refractivity (Wildman–Crippen MR) is 118 cm³/mol. The Labute approximate surface area is 170 Å². The summed E-state index contributed by atoms with van der Waals surface area (Å²) in [6, 6.07) is 25.3. The zero-order valence-electron chi connectivity index (χ0n) is 16.0. The summed E-state index contributed by atoms with van der Waals surface area (Å²) in [5.41, 5.74) is 5.08. The highest BCUT2D eigenvalue weighted by molar-refractivity contribution is 5.84. The number of H-pyrrole nitrogens is 1. The van der Waals surface area contributed by atoms with Crippen LogP contribution in [0.4, 0.5) is 5.69 Å². The van der Waals surface area contributed by atoms with Gasteiger partial charge in [-0.3, -0.25) is 0 Å². The molecule has 0 spiro atoms. The van der Waals surface area contributed by atoms with E-state index in [0.29, 0.717) is 17.9 Å². The molecule has 2 N–H and O–H groups in total. The van der Waals surface area contributed by atoms with Gasteiger partial charge in [0.15, 0.2) is 0 Å². The van der Waals surface area contributed by atoms with Crippen LogP contribution >= 0.6 is 0 Å². The molecule has 3 heteroatoms. The molecule has 0 fully saturated rings. The number of rotatable bonds is 3. The molecule has 0 amide bonds. The van der Waals surface area contributed by atoms with Crippen molar-refractivity contribution in [2.24, 2.45) is 5.92 Å². The van der Waals surface area contributed by atoms with Crippen LogP contribution < -0.4 is 10.1 Å². The van der Waals surface area contributed by atoms with Gasteiger partial charge >= 0.3 is 0 Å². The van der Waals surface area contributed by atoms with Crippen molar-refractivity contribution in [2.45, 2.75) is 18.4 Å². The lowest BCUT2D eigenvalue weighted by molar-refractivity contribution is 0.424. The van der Waals surface area contributed by atoms with Gasteiger partial charge < -0.3 is 15.0 Å². The molecule has 29 heavy (non-hydrogen) atoms. The largest absolute Gasteiger partial charge is 0.457 e. The third kappa shape index (κ3) is 2.73. The van der Waals surface area contributed by atoms with E-state index in [1.54, 1.807) is 0 Å². The van der Waals surface area contributed by atoms with Gasteiger partial charge in [-0.15, -0.1) is 0 Å². The van der Waals surface area contributed by atoms with Crippen molar-refractivity contribution in [3.05, 3.63) is 102 Å². The molecular formula is C26H22N2O. The first kappa shape index (κ1) is 16.5. The van der Waals surface area contributed by atoms with Gasteiger partial charge in [0.2, 0.25) is 0 Å². The number of aromatic nitrogens is 1. The maximum atomic E-state index is 6.09. The van der Waals surface area contributed by atoms with E-state index in [2.05, 4.69) is 71.1 Å². The minimum absolute atomic E-state index is 0.291. The van der Waals surface area contributed by atoms with Gasteiger partial charge in [-0.05, 0) is 59.9 Å². The minimum atomic E-state index is 0.291. The lowest BCUT2D eigenvalue weighted by Crippen LogP contribution is -2.28. The maximum absolute atomic E-state index is 6.09. The van der Waals surface area contributed by atoms with E-state index in [4.69, 9.17) is 4.74 Å². The second-order valence-corrected chi connectivity index (χ2v) is 7.93. The molecule has 0 bridgehead atoms. The van der Waals surface area contributed by atoms with Crippen molar-refractivity contribution >= 4 is 16.6 Å². The van der Waals surface area contributed by atoms with Crippen LogP contribution in [0.25, 0.3) is 10.9 Å². The highest BCUT2D eigenvalue weighted by Gasteiger charge is 2.38. The molecular weight excluding hydrogens is 356 g/mol. The quantitative estimate of drug-likeness (QED) is 0.385. The SMILES string of the molecule is C1=CC2c3cc(Oc4ccccc4)ccc3NC(c3c[nH]c4ccccc34)C2C1. The van der Waals surface area contributed by atoms with Gasteiger partial charge in [-0.1, -0.05) is 48.6 Å². The number of ether oxygens (including phenoxy) is 1. The van der Waals surface area contributed by atoms with E-state index in [1.165, 1.54) is 27.7 Å². The number of fused-ring (bicyclic) bond motifs is 4. The van der Waals surface area contributed by atoms with Gasteiger partial charge in [-0.2, -0.15) is 0 Å². The molecule has 4 aromatic rings. The van der Waals surface area contributed by atoms with Crippen molar-refractivity contribution in [1.82, 2.24) is 4.98 Å². The number of anilines is 1. The van der Waals surface area contributed by atoms with E-state index in [9.17, 15) is 0 Å². The number of hydrogen-bond donors (Lipinski definition) is 2. The smallest absolute Gasteiger partial charge is 0.127 e. The lowest BCUT2D eigenvalue weighted by atomic mass is 9.77. The topological polar surface area (TPSA) is 37.0 Å². The van der Waals surface area contributed by atoms with Crippen molar-refractivity contribution in [2.75, 3.05) is 5.32 Å². The summed E-state index contributed by atoms with van der Waals surface area (Å²) >= 11 is 0. The Kier molecular flexibility index (Phi) is 3.73. The average molecular weight is 378 g/mol. The Morgan fingerprint density at radius 1 is 0.828 bits per heavy atom. The van der Waals surface area contributed by atoms with Gasteiger partial charge in [0, 0.05) is 28.7 Å². The first-order chi connectivity index (χ1) is 14.4. The predicted octanol–water partition coefficient (Wildman–Crippen LogP) is 6.79. The van der Waals surface area contributed by atoms with Crippen LogP contribution in [-0.2, 0) is 0 Å². The summed E-state index contributed by atoms with van der Waals surface area (Å²) in [4.78, 5) is 3.45. The Balaban J connectivity index is 1.38. The molecule has 1 aliphatic carbocycles. The summed E-state index contributed by atoms with van der Waals surface area (Å²) < 4.78 is 6.09. The van der Waals surface area contributed by atoms with Crippen LogP contribution in [0.15, 0.2) is 91.1 Å². The van der Waals surface area contributed by atoms with E-state index in [0.717, 1.165) is 17.9 Å². The zero-order valence-corrected chi connectivity index (χ0v) is 16.0. The van der Waals surface area contributed by atoms with Crippen molar-refractivity contribution < 1.29 is 4.74 Å². The second-order valence-electron chi connectivity index (χ2n) is 7.93. The van der Waals surface area contributed by atoms with E-state index in [-0.39, 0.29) is 0 Å². The van der Waals surface area contributed by atoms with Gasteiger partial charge in [0.1, 0.15) is 11.5 Å². The van der Waals surface area contributed by atoms with E-state index in [1.807, 2.05) is 30.3 Å². The molecule has 3 atom stereocenters. The van der Waals surface area contributed by atoms with Crippen LogP contribution in [0.5, 0.6) is 11.5 Å². The zero-order chi connectivity index (χ0) is 19.2. The van der Waals surface area contributed by atoms with E-state index >= 15 is 0 Å². The summed E-state index contributed by atoms with van der Waals surface area (Å²) in [5, 5.41) is 5.15. The van der Waals surface area contributed by atoms with Crippen LogP contribution in [-0.4, -0.2) is 4.98 Å². The normalized spacial score (nSPS) is 22.1. The number of benzene rings is 3. The molecule has 1 aliphatic heterocycles. The molecule has 1 aromatic heterocycles. The Morgan fingerprint density at radius 2 is 1.69 bits per heavy atom. The van der Waals surface area contributed by atoms with Gasteiger partial charge in [0.25, 0.3) is 0 Å². The minimum Gasteiger partial charge on any atom is -0.457 e. The Hall–Kier alpha value is -3.46. The average Bonchev–Trinajstić information content (AvgIpc) is 3.42. The first-order valence-electron chi connectivity index (χ1n) is 10.2. The number of para-hydroxylation sites is 2. The van der Waals surface area contributed by atoms with Gasteiger partial charge in [-0.25, -0.2) is 0 Å². The lowest BCUT2D eigenvalue weighted by Gasteiger charge is -2.37. The fraction of sp³-hybridized carbons (Fsp3) is 0.154. The summed E-state index contributed by atoms with van der Waals surface area (Å²) in [5.74, 6) is 2.67. The molecule has 2 aliphatic rings. The molecule has 3 nitrogen and oxygen atoms in total. The van der Waals surface area contributed by atoms with Crippen molar-refractivity contribution in [3.8, 4) is 11.5 Å². The number of allylic oxidation sites excluding steroid dienone is 2. The number of nitrogens with one attached hydrogen (secondary N) is 2.